The Kier molecular flexibility index (Phi) is 11.9. The van der Waals surface area contributed by atoms with E-state index in [-0.39, 0.29) is 17.3 Å². The number of nitrogens with one attached hydrogen (secondary N) is 3. The number of ether oxygens (including phenoxy) is 3. The number of anilines is 3. The molecular formula is C35H38F2N6O6. The molecule has 1 aliphatic heterocycles. The first kappa shape index (κ1) is 35.0. The van der Waals surface area contributed by atoms with Crippen LogP contribution < -0.4 is 30.3 Å². The summed E-state index contributed by atoms with van der Waals surface area (Å²) in [5, 5.41) is 8.61. The van der Waals surface area contributed by atoms with Gasteiger partial charge in [-0.2, -0.15) is 0 Å². The molecule has 3 N–H and O–H groups in total. The van der Waals surface area contributed by atoms with E-state index in [1.165, 1.54) is 47.6 Å². The van der Waals surface area contributed by atoms with Crippen LogP contribution in [0.3, 0.4) is 0 Å². The molecule has 3 aromatic carbocycles. The van der Waals surface area contributed by atoms with E-state index in [9.17, 15) is 18.8 Å². The second-order valence-corrected chi connectivity index (χ2v) is 11.4. The summed E-state index contributed by atoms with van der Waals surface area (Å²) in [5.41, 5.74) is 1.40. The standard InChI is InChI=1S/C35H38F2N6O6/c1-3-4-14-38-35(46)42-29-19-26-28(20-31(29)48-17-6-16-47-2)39-21-40-33(26)49-30-13-10-23(18-27(30)37)41-32(44)25-7-5-15-43(34(25)45)24-11-8-22(36)9-12-24/h8-13,18-21,25H,3-7,14-17H2,1-2H3,(H,41,44)(H2,38,42,46). The molecule has 1 unspecified atom stereocenters. The van der Waals surface area contributed by atoms with E-state index in [4.69, 9.17) is 14.2 Å². The highest BCUT2D eigenvalue weighted by Gasteiger charge is 2.35. The van der Waals surface area contributed by atoms with Crippen LogP contribution in [0, 0.1) is 17.6 Å². The van der Waals surface area contributed by atoms with Crippen molar-refractivity contribution in [2.24, 2.45) is 5.92 Å². The summed E-state index contributed by atoms with van der Waals surface area (Å²) >= 11 is 0. The molecule has 1 saturated heterocycles. The van der Waals surface area contributed by atoms with Crippen molar-refractivity contribution in [1.82, 2.24) is 15.3 Å². The van der Waals surface area contributed by atoms with Crippen molar-refractivity contribution in [2.45, 2.75) is 39.0 Å². The zero-order valence-electron chi connectivity index (χ0n) is 27.3. The second kappa shape index (κ2) is 16.6. The molecule has 1 atom stereocenters. The van der Waals surface area contributed by atoms with E-state index in [2.05, 4.69) is 25.9 Å². The van der Waals surface area contributed by atoms with Crippen LogP contribution in [0.15, 0.2) is 60.9 Å². The highest BCUT2D eigenvalue weighted by Crippen LogP contribution is 2.36. The molecule has 0 saturated carbocycles. The minimum Gasteiger partial charge on any atom is -0.491 e. The normalized spacial score (nSPS) is 14.4. The van der Waals surface area contributed by atoms with Gasteiger partial charge < -0.3 is 35.1 Å². The second-order valence-electron chi connectivity index (χ2n) is 11.4. The third-order valence-electron chi connectivity index (χ3n) is 7.81. The van der Waals surface area contributed by atoms with Crippen molar-refractivity contribution < 1.29 is 37.4 Å². The number of hydrogen-bond acceptors (Lipinski definition) is 8. The van der Waals surface area contributed by atoms with Crippen LogP contribution in [0.1, 0.15) is 39.0 Å². The molecule has 0 radical (unpaired) electrons. The fourth-order valence-corrected chi connectivity index (χ4v) is 5.28. The van der Waals surface area contributed by atoms with Gasteiger partial charge in [0, 0.05) is 56.7 Å². The first-order valence-corrected chi connectivity index (χ1v) is 16.1. The average Bonchev–Trinajstić information content (AvgIpc) is 3.09. The smallest absolute Gasteiger partial charge is 0.319 e. The Morgan fingerprint density at radius 2 is 1.80 bits per heavy atom. The predicted octanol–water partition coefficient (Wildman–Crippen LogP) is 6.42. The SMILES string of the molecule is CCCCNC(=O)Nc1cc2c(Oc3ccc(NC(=O)C4CCCN(c5ccc(F)cc5)C4=O)cc3F)ncnc2cc1OCCCOC. The molecule has 1 aliphatic rings. The molecule has 49 heavy (non-hydrogen) atoms. The van der Waals surface area contributed by atoms with Crippen molar-refractivity contribution in [3.8, 4) is 17.4 Å². The number of hydrogen-bond donors (Lipinski definition) is 3. The molecule has 0 spiro atoms. The number of fused-ring (bicyclic) bond motifs is 1. The maximum atomic E-state index is 15.4. The molecule has 12 nitrogen and oxygen atoms in total. The van der Waals surface area contributed by atoms with Gasteiger partial charge in [-0.3, -0.25) is 9.59 Å². The quantitative estimate of drug-likeness (QED) is 0.103. The van der Waals surface area contributed by atoms with Crippen molar-refractivity contribution >= 4 is 45.8 Å². The van der Waals surface area contributed by atoms with Crippen LogP contribution in [0.4, 0.5) is 30.6 Å². The first-order valence-electron chi connectivity index (χ1n) is 16.1. The van der Waals surface area contributed by atoms with Crippen LogP contribution in [0.25, 0.3) is 10.9 Å². The molecule has 0 bridgehead atoms. The fraction of sp³-hybridized carbons (Fsp3) is 0.343. The summed E-state index contributed by atoms with van der Waals surface area (Å²) in [6, 6.07) is 12.2. The van der Waals surface area contributed by atoms with Crippen LogP contribution in [-0.2, 0) is 14.3 Å². The molecule has 14 heteroatoms. The van der Waals surface area contributed by atoms with Crippen molar-refractivity contribution in [3.63, 3.8) is 0 Å². The van der Waals surface area contributed by atoms with Gasteiger partial charge in [0.25, 0.3) is 0 Å². The van der Waals surface area contributed by atoms with E-state index in [1.807, 2.05) is 6.92 Å². The Balaban J connectivity index is 1.31. The third kappa shape index (κ3) is 8.96. The summed E-state index contributed by atoms with van der Waals surface area (Å²) in [6.07, 6.45) is 4.52. The fourth-order valence-electron chi connectivity index (χ4n) is 5.28. The highest BCUT2D eigenvalue weighted by atomic mass is 19.1. The van der Waals surface area contributed by atoms with Gasteiger partial charge in [-0.15, -0.1) is 0 Å². The van der Waals surface area contributed by atoms with E-state index in [0.717, 1.165) is 18.9 Å². The molecule has 1 aromatic heterocycles. The number of piperidine rings is 1. The van der Waals surface area contributed by atoms with Gasteiger partial charge in [0.2, 0.25) is 17.7 Å². The topological polar surface area (TPSA) is 144 Å². The number of amides is 4. The van der Waals surface area contributed by atoms with Gasteiger partial charge in [0.05, 0.1) is 23.2 Å². The van der Waals surface area contributed by atoms with Crippen LogP contribution in [0.5, 0.6) is 17.4 Å². The highest BCUT2D eigenvalue weighted by molar-refractivity contribution is 6.12. The molecule has 258 valence electrons. The summed E-state index contributed by atoms with van der Waals surface area (Å²) in [4.78, 5) is 48.8. The number of benzene rings is 3. The monoisotopic (exact) mass is 676 g/mol. The number of carbonyl (C=O) groups excluding carboxylic acids is 3. The summed E-state index contributed by atoms with van der Waals surface area (Å²) in [7, 11) is 1.60. The lowest BCUT2D eigenvalue weighted by atomic mass is 9.95. The molecule has 0 aliphatic carbocycles. The molecule has 2 heterocycles. The van der Waals surface area contributed by atoms with Gasteiger partial charge in [-0.05, 0) is 61.7 Å². The molecule has 4 amide bonds. The Morgan fingerprint density at radius 1 is 0.980 bits per heavy atom. The molecular weight excluding hydrogens is 638 g/mol. The molecule has 1 fully saturated rings. The molecule has 5 rings (SSSR count). The van der Waals surface area contributed by atoms with E-state index in [1.54, 1.807) is 19.2 Å². The predicted molar refractivity (Wildman–Crippen MR) is 180 cm³/mol. The lowest BCUT2D eigenvalue weighted by Gasteiger charge is -2.31. The van der Waals surface area contributed by atoms with Gasteiger partial charge in [-0.1, -0.05) is 13.3 Å². The summed E-state index contributed by atoms with van der Waals surface area (Å²) in [6.45, 7) is 3.75. The first-order chi connectivity index (χ1) is 23.8. The Labute approximate surface area is 282 Å². The van der Waals surface area contributed by atoms with Crippen molar-refractivity contribution in [3.05, 3.63) is 72.6 Å². The number of urea groups is 1. The molecule has 4 aromatic rings. The Hall–Kier alpha value is -5.37. The van der Waals surface area contributed by atoms with Crippen LogP contribution >= 0.6 is 0 Å². The minimum absolute atomic E-state index is 0.0229. The number of aromatic nitrogens is 2. The maximum absolute atomic E-state index is 15.4. The number of nitrogens with zero attached hydrogens (tertiary/aromatic N) is 3. The number of rotatable bonds is 14. The summed E-state index contributed by atoms with van der Waals surface area (Å²) < 4.78 is 45.6. The Morgan fingerprint density at radius 3 is 2.55 bits per heavy atom. The van der Waals surface area contributed by atoms with Gasteiger partial charge in [0.1, 0.15) is 23.8 Å². The maximum Gasteiger partial charge on any atom is 0.319 e. The van der Waals surface area contributed by atoms with Crippen molar-refractivity contribution in [2.75, 3.05) is 48.9 Å². The van der Waals surface area contributed by atoms with Crippen molar-refractivity contribution in [1.29, 1.82) is 0 Å². The number of carbonyl (C=O) groups is 3. The zero-order chi connectivity index (χ0) is 34.8. The number of methoxy groups -OCH3 is 1. The van der Waals surface area contributed by atoms with Gasteiger partial charge >= 0.3 is 6.03 Å². The van der Waals surface area contributed by atoms with E-state index < -0.39 is 35.4 Å². The largest absolute Gasteiger partial charge is 0.491 e. The number of halogens is 2. The zero-order valence-corrected chi connectivity index (χ0v) is 27.3. The summed E-state index contributed by atoms with van der Waals surface area (Å²) in [5.74, 6) is -2.98. The third-order valence-corrected chi connectivity index (χ3v) is 7.81. The lowest BCUT2D eigenvalue weighted by Crippen LogP contribution is -2.46. The minimum atomic E-state index is -0.990. The Bertz CT molecular complexity index is 1790. The number of unbranched alkanes of at least 4 members (excludes halogenated alkanes) is 1. The average molecular weight is 677 g/mol. The van der Waals surface area contributed by atoms with Crippen LogP contribution in [0.2, 0.25) is 0 Å². The van der Waals surface area contributed by atoms with Gasteiger partial charge in [0.15, 0.2) is 11.6 Å². The van der Waals surface area contributed by atoms with Crippen LogP contribution in [-0.4, -0.2) is 61.2 Å². The lowest BCUT2D eigenvalue weighted by molar-refractivity contribution is -0.132. The van der Waals surface area contributed by atoms with E-state index >= 15 is 4.39 Å². The van der Waals surface area contributed by atoms with Gasteiger partial charge in [-0.25, -0.2) is 23.5 Å². The van der Waals surface area contributed by atoms with E-state index in [0.29, 0.717) is 73.6 Å².